The van der Waals surface area contributed by atoms with Crippen molar-refractivity contribution in [3.63, 3.8) is 0 Å². The highest BCUT2D eigenvalue weighted by Crippen LogP contribution is 2.46. The van der Waals surface area contributed by atoms with Crippen molar-refractivity contribution in [3.05, 3.63) is 0 Å². The highest BCUT2D eigenvalue weighted by atomic mass is 31.1. The van der Waals surface area contributed by atoms with E-state index in [1.54, 1.807) is 0 Å². The molecule has 29 heavy (non-hydrogen) atoms. The summed E-state index contributed by atoms with van der Waals surface area (Å²) in [5.41, 5.74) is 0.451. The highest BCUT2D eigenvalue weighted by Gasteiger charge is 2.28. The van der Waals surface area contributed by atoms with Crippen LogP contribution in [-0.2, 0) is 19.2 Å². The second kappa shape index (κ2) is 18.3. The Bertz CT molecular complexity index is 421. The van der Waals surface area contributed by atoms with Crippen LogP contribution in [0, 0.1) is 0 Å². The maximum Gasteiger partial charge on any atom is 0.161 e. The largest absolute Gasteiger partial charge is 0.294 e. The maximum absolute atomic E-state index is 12.6. The lowest BCUT2D eigenvalue weighted by Gasteiger charge is -2.18. The van der Waals surface area contributed by atoms with Gasteiger partial charge in [0.15, 0.2) is 22.1 Å². The molecule has 0 aliphatic rings. The Kier molecular flexibility index (Phi) is 18.0. The van der Waals surface area contributed by atoms with Crippen LogP contribution in [0.3, 0.4) is 0 Å². The van der Waals surface area contributed by atoms with Crippen LogP contribution in [0.5, 0.6) is 0 Å². The molecule has 0 aromatic carbocycles. The molecule has 6 heteroatoms. The minimum Gasteiger partial charge on any atom is -0.294 e. The average molecular weight is 445 g/mol. The van der Waals surface area contributed by atoms with Crippen LogP contribution >= 0.6 is 15.8 Å². The van der Waals surface area contributed by atoms with Gasteiger partial charge < -0.3 is 0 Å². The number of carbonyl (C=O) groups excluding carboxylic acids is 4. The molecule has 0 unspecified atom stereocenters. The van der Waals surface area contributed by atoms with Crippen molar-refractivity contribution in [3.8, 4) is 0 Å². The zero-order valence-electron chi connectivity index (χ0n) is 19.1. The molecule has 0 saturated carbocycles. The molecule has 0 bridgehead atoms. The Morgan fingerprint density at radius 1 is 0.448 bits per heavy atom. The van der Waals surface area contributed by atoms with E-state index in [1.165, 1.54) is 0 Å². The van der Waals surface area contributed by atoms with E-state index in [0.29, 0.717) is 44.4 Å². The lowest BCUT2D eigenvalue weighted by atomic mass is 10.3. The predicted molar refractivity (Wildman–Crippen MR) is 126 cm³/mol. The average Bonchev–Trinajstić information content (AvgIpc) is 2.72. The van der Waals surface area contributed by atoms with E-state index in [4.69, 9.17) is 0 Å². The third-order valence-electron chi connectivity index (χ3n) is 4.94. The fourth-order valence-electron chi connectivity index (χ4n) is 3.02. The second-order valence-corrected chi connectivity index (χ2v) is 12.2. The summed E-state index contributed by atoms with van der Waals surface area (Å²) in [5.74, 6) is 0. The van der Waals surface area contributed by atoms with E-state index in [9.17, 15) is 19.2 Å². The summed E-state index contributed by atoms with van der Waals surface area (Å²) >= 11 is 0. The smallest absolute Gasteiger partial charge is 0.161 e. The molecule has 0 N–H and O–H groups in total. The number of rotatable bonds is 20. The molecule has 4 nitrogen and oxygen atoms in total. The molecule has 0 spiro atoms. The summed E-state index contributed by atoms with van der Waals surface area (Å²) in [5, 5.41) is 0. The standard InChI is InChI=1S/C23H42O4P2/c1-5-9-14-20(24)28(21(25)15-10-6-2)18-13-19-29(22(26)16-11-7-3)23(27)17-12-8-4/h5-19H2,1-4H3. The van der Waals surface area contributed by atoms with Crippen LogP contribution in [0.25, 0.3) is 0 Å². The summed E-state index contributed by atoms with van der Waals surface area (Å²) < 4.78 is 0. The quantitative estimate of drug-likeness (QED) is 0.186. The molecule has 0 fully saturated rings. The van der Waals surface area contributed by atoms with Crippen molar-refractivity contribution in [2.75, 3.05) is 12.3 Å². The van der Waals surface area contributed by atoms with Gasteiger partial charge in [-0.2, -0.15) is 0 Å². The van der Waals surface area contributed by atoms with Crippen molar-refractivity contribution < 1.29 is 19.2 Å². The molecule has 0 atom stereocenters. The van der Waals surface area contributed by atoms with Gasteiger partial charge in [-0.1, -0.05) is 53.4 Å². The Hall–Kier alpha value is -0.460. The number of carbonyl (C=O) groups is 4. The Balaban J connectivity index is 4.99. The SMILES string of the molecule is CCCCC(=O)P(CCCP(C(=O)CCCC)C(=O)CCCC)C(=O)CCCC. The van der Waals surface area contributed by atoms with Gasteiger partial charge in [-0.3, -0.25) is 19.2 Å². The first-order chi connectivity index (χ1) is 13.9. The first-order valence-electron chi connectivity index (χ1n) is 11.6. The molecule has 0 aromatic rings. The molecule has 168 valence electrons. The van der Waals surface area contributed by atoms with Crippen LogP contribution in [0.2, 0.25) is 0 Å². The van der Waals surface area contributed by atoms with Gasteiger partial charge in [-0.05, 0) is 44.4 Å². The van der Waals surface area contributed by atoms with Gasteiger partial charge in [0.1, 0.15) is 0 Å². The van der Waals surface area contributed by atoms with Crippen LogP contribution in [0.4, 0.5) is 0 Å². The summed E-state index contributed by atoms with van der Waals surface area (Å²) in [7, 11) is -2.57. The molecule has 0 aliphatic carbocycles. The summed E-state index contributed by atoms with van der Waals surface area (Å²) in [6, 6.07) is 0. The summed E-state index contributed by atoms with van der Waals surface area (Å²) in [6.07, 6.45) is 10.8. The molecule has 0 amide bonds. The monoisotopic (exact) mass is 444 g/mol. The van der Waals surface area contributed by atoms with Crippen molar-refractivity contribution in [1.82, 2.24) is 0 Å². The fraction of sp³-hybridized carbons (Fsp3) is 0.826. The zero-order valence-corrected chi connectivity index (χ0v) is 20.9. The van der Waals surface area contributed by atoms with Gasteiger partial charge in [-0.15, -0.1) is 0 Å². The molecular formula is C23H42O4P2. The van der Waals surface area contributed by atoms with Crippen molar-refractivity contribution in [2.24, 2.45) is 0 Å². The molecule has 0 saturated heterocycles. The fourth-order valence-corrected chi connectivity index (χ4v) is 7.48. The molecule has 0 aliphatic heterocycles. The molecule has 0 rings (SSSR count). The molecule has 0 radical (unpaired) electrons. The van der Waals surface area contributed by atoms with Crippen LogP contribution in [-0.4, -0.2) is 34.4 Å². The van der Waals surface area contributed by atoms with Gasteiger partial charge in [0.2, 0.25) is 0 Å². The van der Waals surface area contributed by atoms with Crippen LogP contribution in [0.15, 0.2) is 0 Å². The molecule has 0 heterocycles. The van der Waals surface area contributed by atoms with Crippen molar-refractivity contribution in [2.45, 2.75) is 111 Å². The van der Waals surface area contributed by atoms with Crippen LogP contribution in [0.1, 0.15) is 111 Å². The van der Waals surface area contributed by atoms with E-state index in [-0.39, 0.29) is 22.1 Å². The number of hydrogen-bond donors (Lipinski definition) is 0. The van der Waals surface area contributed by atoms with Gasteiger partial charge in [-0.25, -0.2) is 0 Å². The zero-order chi connectivity index (χ0) is 22.1. The van der Waals surface area contributed by atoms with E-state index in [1.807, 2.05) is 27.7 Å². The van der Waals surface area contributed by atoms with Gasteiger partial charge in [0, 0.05) is 41.5 Å². The Morgan fingerprint density at radius 2 is 0.690 bits per heavy atom. The maximum atomic E-state index is 12.6. The normalized spacial score (nSPS) is 11.2. The first kappa shape index (κ1) is 28.5. The number of hydrogen-bond acceptors (Lipinski definition) is 4. The number of unbranched alkanes of at least 4 members (excludes halogenated alkanes) is 4. The Labute approximate surface area is 180 Å². The Morgan fingerprint density at radius 3 is 0.897 bits per heavy atom. The summed E-state index contributed by atoms with van der Waals surface area (Å²) in [4.78, 5) is 50.4. The van der Waals surface area contributed by atoms with E-state index >= 15 is 0 Å². The topological polar surface area (TPSA) is 68.3 Å². The first-order valence-corrected chi connectivity index (χ1v) is 14.6. The van der Waals surface area contributed by atoms with E-state index < -0.39 is 15.8 Å². The highest BCUT2D eigenvalue weighted by molar-refractivity contribution is 7.90. The predicted octanol–water partition coefficient (Wildman–Crippen LogP) is 7.21. The minimum absolute atomic E-state index is 0.113. The van der Waals surface area contributed by atoms with Crippen LogP contribution < -0.4 is 0 Å². The minimum atomic E-state index is -1.29. The lowest BCUT2D eigenvalue weighted by molar-refractivity contribution is -0.115. The third-order valence-corrected chi connectivity index (χ3v) is 9.77. The van der Waals surface area contributed by atoms with Gasteiger partial charge >= 0.3 is 0 Å². The second-order valence-electron chi connectivity index (χ2n) is 7.65. The van der Waals surface area contributed by atoms with E-state index in [2.05, 4.69) is 0 Å². The third kappa shape index (κ3) is 12.7. The van der Waals surface area contributed by atoms with Crippen molar-refractivity contribution in [1.29, 1.82) is 0 Å². The van der Waals surface area contributed by atoms with Gasteiger partial charge in [0.25, 0.3) is 0 Å². The molecular weight excluding hydrogens is 402 g/mol. The lowest BCUT2D eigenvalue weighted by Crippen LogP contribution is -2.12. The summed E-state index contributed by atoms with van der Waals surface area (Å²) in [6.45, 7) is 8.19. The van der Waals surface area contributed by atoms with E-state index in [0.717, 1.165) is 51.4 Å². The molecule has 0 aromatic heterocycles. The van der Waals surface area contributed by atoms with Crippen molar-refractivity contribution >= 4 is 37.9 Å². The van der Waals surface area contributed by atoms with Gasteiger partial charge in [0.05, 0.1) is 0 Å².